The van der Waals surface area contributed by atoms with E-state index in [4.69, 9.17) is 5.11 Å². The van der Waals surface area contributed by atoms with E-state index in [1.54, 1.807) is 0 Å². The minimum Gasteiger partial charge on any atom is -0.481 e. The summed E-state index contributed by atoms with van der Waals surface area (Å²) in [6.45, 7) is 2.23. The van der Waals surface area contributed by atoms with Crippen molar-refractivity contribution in [3.63, 3.8) is 0 Å². The minimum absolute atomic E-state index is 0.137. The molecule has 0 saturated heterocycles. The Morgan fingerprint density at radius 3 is 2.37 bits per heavy atom. The molecule has 0 aromatic heterocycles. The molecule has 110 valence electrons. The molecule has 3 heteroatoms. The summed E-state index contributed by atoms with van der Waals surface area (Å²) in [6.07, 6.45) is 8.21. The van der Waals surface area contributed by atoms with Gasteiger partial charge in [0.05, 0.1) is 5.92 Å². The first-order valence-corrected chi connectivity index (χ1v) is 7.98. The lowest BCUT2D eigenvalue weighted by atomic mass is 9.68. The average Bonchev–Trinajstić information content (AvgIpc) is 2.40. The normalized spacial score (nSPS) is 40.0. The smallest absolute Gasteiger partial charge is 0.306 e. The summed E-state index contributed by atoms with van der Waals surface area (Å²) < 4.78 is 14.2. The predicted molar refractivity (Wildman–Crippen MR) is 73.7 cm³/mol. The molecule has 2 saturated carbocycles. The molecule has 0 aliphatic heterocycles. The molecule has 0 aromatic carbocycles. The molecule has 2 fully saturated rings. The second-order valence-corrected chi connectivity index (χ2v) is 6.60. The number of hydrogen-bond donors (Lipinski definition) is 1. The second kappa shape index (κ2) is 6.71. The van der Waals surface area contributed by atoms with Crippen molar-refractivity contribution in [3.05, 3.63) is 0 Å². The van der Waals surface area contributed by atoms with E-state index >= 15 is 0 Å². The van der Waals surface area contributed by atoms with Gasteiger partial charge in [-0.1, -0.05) is 32.6 Å². The van der Waals surface area contributed by atoms with Crippen LogP contribution in [-0.4, -0.2) is 17.2 Å². The van der Waals surface area contributed by atoms with Crippen molar-refractivity contribution in [1.82, 2.24) is 0 Å². The summed E-state index contributed by atoms with van der Waals surface area (Å²) in [7, 11) is 0. The van der Waals surface area contributed by atoms with Crippen LogP contribution >= 0.6 is 0 Å². The monoisotopic (exact) mass is 270 g/mol. The molecular formula is C16H27FO2. The van der Waals surface area contributed by atoms with Gasteiger partial charge >= 0.3 is 5.97 Å². The van der Waals surface area contributed by atoms with Gasteiger partial charge in [0.25, 0.3) is 0 Å². The fraction of sp³-hybridized carbons (Fsp3) is 0.938. The fourth-order valence-corrected chi connectivity index (χ4v) is 4.21. The number of carbonyl (C=O) groups is 1. The van der Waals surface area contributed by atoms with Crippen molar-refractivity contribution >= 4 is 5.97 Å². The third-order valence-corrected chi connectivity index (χ3v) is 5.37. The Labute approximate surface area is 115 Å². The number of carboxylic acid groups (broad SMARTS) is 1. The summed E-state index contributed by atoms with van der Waals surface area (Å²) >= 11 is 0. The van der Waals surface area contributed by atoms with Crippen LogP contribution in [0.15, 0.2) is 0 Å². The van der Waals surface area contributed by atoms with Gasteiger partial charge in [0, 0.05) is 0 Å². The molecule has 0 aromatic rings. The predicted octanol–water partition coefficient (Wildman–Crippen LogP) is 4.43. The van der Waals surface area contributed by atoms with E-state index in [1.165, 1.54) is 25.7 Å². The maximum Gasteiger partial charge on any atom is 0.306 e. The van der Waals surface area contributed by atoms with Gasteiger partial charge in [-0.2, -0.15) is 0 Å². The zero-order valence-corrected chi connectivity index (χ0v) is 12.0. The standard InChI is InChI=1S/C16H27FO2/c1-2-3-11-4-6-12(7-5-11)14-9-8-13(16(18)19)10-15(14)17/h11-15H,2-10H2,1H3,(H,18,19). The Morgan fingerprint density at radius 2 is 1.84 bits per heavy atom. The number of hydrogen-bond acceptors (Lipinski definition) is 1. The molecular weight excluding hydrogens is 243 g/mol. The van der Waals surface area contributed by atoms with E-state index in [0.717, 1.165) is 25.2 Å². The van der Waals surface area contributed by atoms with E-state index in [0.29, 0.717) is 12.3 Å². The van der Waals surface area contributed by atoms with E-state index in [-0.39, 0.29) is 12.3 Å². The highest BCUT2D eigenvalue weighted by Crippen LogP contribution is 2.43. The number of carboxylic acids is 1. The second-order valence-electron chi connectivity index (χ2n) is 6.60. The number of alkyl halides is 1. The van der Waals surface area contributed by atoms with Crippen LogP contribution in [0.3, 0.4) is 0 Å². The zero-order chi connectivity index (χ0) is 13.8. The molecule has 2 aliphatic carbocycles. The Bertz CT molecular complexity index is 297. The molecule has 0 amide bonds. The molecule has 19 heavy (non-hydrogen) atoms. The molecule has 2 aliphatic rings. The SMILES string of the molecule is CCCC1CCC(C2CCC(C(=O)O)CC2F)CC1. The lowest BCUT2D eigenvalue weighted by Crippen LogP contribution is -2.36. The Kier molecular flexibility index (Phi) is 5.23. The van der Waals surface area contributed by atoms with E-state index in [2.05, 4.69) is 6.92 Å². The number of rotatable bonds is 4. The van der Waals surface area contributed by atoms with Gasteiger partial charge in [0.1, 0.15) is 6.17 Å². The van der Waals surface area contributed by atoms with Crippen molar-refractivity contribution in [2.24, 2.45) is 23.7 Å². The largest absolute Gasteiger partial charge is 0.481 e. The van der Waals surface area contributed by atoms with Gasteiger partial charge in [-0.3, -0.25) is 4.79 Å². The first-order chi connectivity index (χ1) is 9.11. The van der Waals surface area contributed by atoms with Gasteiger partial charge in [-0.15, -0.1) is 0 Å². The summed E-state index contributed by atoms with van der Waals surface area (Å²) in [5, 5.41) is 8.98. The zero-order valence-electron chi connectivity index (χ0n) is 12.0. The van der Waals surface area contributed by atoms with E-state index in [9.17, 15) is 9.18 Å². The third-order valence-electron chi connectivity index (χ3n) is 5.37. The molecule has 0 bridgehead atoms. The van der Waals surface area contributed by atoms with Crippen LogP contribution in [0.25, 0.3) is 0 Å². The van der Waals surface area contributed by atoms with Crippen LogP contribution in [-0.2, 0) is 4.79 Å². The summed E-state index contributed by atoms with van der Waals surface area (Å²) in [6, 6.07) is 0. The van der Waals surface area contributed by atoms with E-state index in [1.807, 2.05) is 0 Å². The summed E-state index contributed by atoms with van der Waals surface area (Å²) in [5.74, 6) is 0.251. The highest BCUT2D eigenvalue weighted by atomic mass is 19.1. The molecule has 0 heterocycles. The Morgan fingerprint density at radius 1 is 1.16 bits per heavy atom. The van der Waals surface area contributed by atoms with Crippen LogP contribution in [0.4, 0.5) is 4.39 Å². The molecule has 2 nitrogen and oxygen atoms in total. The van der Waals surface area contributed by atoms with Crippen molar-refractivity contribution in [2.45, 2.75) is 70.9 Å². The minimum atomic E-state index is -0.887. The maximum atomic E-state index is 14.2. The quantitative estimate of drug-likeness (QED) is 0.820. The first kappa shape index (κ1) is 14.8. The van der Waals surface area contributed by atoms with Crippen molar-refractivity contribution < 1.29 is 14.3 Å². The van der Waals surface area contributed by atoms with Gasteiger partial charge < -0.3 is 5.11 Å². The van der Waals surface area contributed by atoms with Crippen LogP contribution in [0, 0.1) is 23.7 Å². The van der Waals surface area contributed by atoms with Crippen molar-refractivity contribution in [1.29, 1.82) is 0 Å². The van der Waals surface area contributed by atoms with Crippen molar-refractivity contribution in [2.75, 3.05) is 0 Å². The molecule has 1 N–H and O–H groups in total. The van der Waals surface area contributed by atoms with Gasteiger partial charge in [-0.05, 0) is 49.9 Å². The Balaban J connectivity index is 1.82. The molecule has 3 unspecified atom stereocenters. The van der Waals surface area contributed by atoms with Gasteiger partial charge in [0.15, 0.2) is 0 Å². The molecule has 2 rings (SSSR count). The lowest BCUT2D eigenvalue weighted by Gasteiger charge is -2.39. The van der Waals surface area contributed by atoms with Crippen LogP contribution < -0.4 is 0 Å². The molecule has 3 atom stereocenters. The summed E-state index contributed by atoms with van der Waals surface area (Å²) in [4.78, 5) is 10.9. The highest BCUT2D eigenvalue weighted by Gasteiger charge is 2.39. The highest BCUT2D eigenvalue weighted by molar-refractivity contribution is 5.70. The number of aliphatic carboxylic acids is 1. The van der Waals surface area contributed by atoms with Gasteiger partial charge in [0.2, 0.25) is 0 Å². The van der Waals surface area contributed by atoms with Crippen LogP contribution in [0.5, 0.6) is 0 Å². The molecule has 0 radical (unpaired) electrons. The number of halogens is 1. The lowest BCUT2D eigenvalue weighted by molar-refractivity contribution is -0.144. The first-order valence-electron chi connectivity index (χ1n) is 7.98. The third kappa shape index (κ3) is 3.70. The van der Waals surface area contributed by atoms with Crippen LogP contribution in [0.2, 0.25) is 0 Å². The van der Waals surface area contributed by atoms with Crippen LogP contribution in [0.1, 0.15) is 64.7 Å². The molecule has 0 spiro atoms. The maximum absolute atomic E-state index is 14.2. The average molecular weight is 270 g/mol. The van der Waals surface area contributed by atoms with Crippen molar-refractivity contribution in [3.8, 4) is 0 Å². The van der Waals surface area contributed by atoms with Gasteiger partial charge in [-0.25, -0.2) is 4.39 Å². The fourth-order valence-electron chi connectivity index (χ4n) is 4.21. The topological polar surface area (TPSA) is 37.3 Å². The van der Waals surface area contributed by atoms with E-state index < -0.39 is 18.1 Å². The summed E-state index contributed by atoms with van der Waals surface area (Å²) in [5.41, 5.74) is 0. The Hall–Kier alpha value is -0.600.